The molecule has 0 aliphatic carbocycles. The van der Waals surface area contributed by atoms with E-state index >= 15 is 0 Å². The molecule has 0 spiro atoms. The van der Waals surface area contributed by atoms with Gasteiger partial charge in [0.2, 0.25) is 11.8 Å². The molecule has 2 aromatic carbocycles. The third-order valence-corrected chi connectivity index (χ3v) is 3.38. The number of amides is 1. The third kappa shape index (κ3) is 3.30. The van der Waals surface area contributed by atoms with Crippen LogP contribution in [0.4, 0.5) is 11.4 Å². The predicted octanol–water partition coefficient (Wildman–Crippen LogP) is 3.70. The molecule has 3 aromatic rings. The third-order valence-electron chi connectivity index (χ3n) is 3.38. The monoisotopic (exact) mass is 323 g/mol. The van der Waals surface area contributed by atoms with Gasteiger partial charge in [-0.3, -0.25) is 14.9 Å². The summed E-state index contributed by atoms with van der Waals surface area (Å²) in [6.07, 6.45) is 2.71. The summed E-state index contributed by atoms with van der Waals surface area (Å²) in [5, 5.41) is 13.4. The first-order valence-corrected chi connectivity index (χ1v) is 7.12. The highest BCUT2D eigenvalue weighted by atomic mass is 16.6. The maximum Gasteiger partial charge on any atom is 0.271 e. The number of hydrogen-bond acceptors (Lipinski definition) is 5. The molecule has 0 aliphatic heterocycles. The molecule has 0 aliphatic rings. The second kappa shape index (κ2) is 6.33. The van der Waals surface area contributed by atoms with Crippen LogP contribution in [0, 0.1) is 17.0 Å². The SMILES string of the molecule is Cc1ccc([N+](=O)[O-])cc1NC(=O)/C=C/c1nc2ccccc2o1. The van der Waals surface area contributed by atoms with Gasteiger partial charge in [-0.15, -0.1) is 0 Å². The van der Waals surface area contributed by atoms with E-state index in [0.29, 0.717) is 22.7 Å². The molecule has 3 rings (SSSR count). The molecule has 1 aromatic heterocycles. The zero-order chi connectivity index (χ0) is 17.1. The summed E-state index contributed by atoms with van der Waals surface area (Å²) in [6, 6.07) is 11.6. The fraction of sp³-hybridized carbons (Fsp3) is 0.0588. The van der Waals surface area contributed by atoms with Crippen molar-refractivity contribution in [3.8, 4) is 0 Å². The zero-order valence-corrected chi connectivity index (χ0v) is 12.7. The number of anilines is 1. The molecule has 0 saturated heterocycles. The van der Waals surface area contributed by atoms with Gasteiger partial charge in [0.1, 0.15) is 5.52 Å². The van der Waals surface area contributed by atoms with Crippen molar-refractivity contribution in [2.75, 3.05) is 5.32 Å². The summed E-state index contributed by atoms with van der Waals surface area (Å²) >= 11 is 0. The summed E-state index contributed by atoms with van der Waals surface area (Å²) in [6.45, 7) is 1.75. The predicted molar refractivity (Wildman–Crippen MR) is 89.5 cm³/mol. The van der Waals surface area contributed by atoms with E-state index in [-0.39, 0.29) is 5.69 Å². The maximum atomic E-state index is 12.0. The van der Waals surface area contributed by atoms with Crippen molar-refractivity contribution in [1.29, 1.82) is 0 Å². The zero-order valence-electron chi connectivity index (χ0n) is 12.7. The molecule has 7 nitrogen and oxygen atoms in total. The molecular weight excluding hydrogens is 310 g/mol. The summed E-state index contributed by atoms with van der Waals surface area (Å²) < 4.78 is 5.48. The highest BCUT2D eigenvalue weighted by Crippen LogP contribution is 2.22. The van der Waals surface area contributed by atoms with Crippen LogP contribution in [-0.2, 0) is 4.79 Å². The number of rotatable bonds is 4. The highest BCUT2D eigenvalue weighted by molar-refractivity contribution is 6.02. The van der Waals surface area contributed by atoms with Crippen LogP contribution < -0.4 is 5.32 Å². The Morgan fingerprint density at radius 3 is 2.83 bits per heavy atom. The lowest BCUT2D eigenvalue weighted by atomic mass is 10.2. The molecule has 7 heteroatoms. The van der Waals surface area contributed by atoms with E-state index in [9.17, 15) is 14.9 Å². The van der Waals surface area contributed by atoms with Gasteiger partial charge in [-0.25, -0.2) is 4.98 Å². The van der Waals surface area contributed by atoms with Crippen molar-refractivity contribution >= 4 is 34.5 Å². The van der Waals surface area contributed by atoms with Gasteiger partial charge < -0.3 is 9.73 Å². The number of benzene rings is 2. The van der Waals surface area contributed by atoms with Crippen molar-refractivity contribution < 1.29 is 14.1 Å². The lowest BCUT2D eigenvalue weighted by molar-refractivity contribution is -0.384. The molecule has 1 amide bonds. The van der Waals surface area contributed by atoms with E-state index in [1.807, 2.05) is 18.2 Å². The fourth-order valence-electron chi connectivity index (χ4n) is 2.14. The quantitative estimate of drug-likeness (QED) is 0.448. The molecule has 1 heterocycles. The maximum absolute atomic E-state index is 12.0. The minimum absolute atomic E-state index is 0.0844. The second-order valence-electron chi connectivity index (χ2n) is 5.10. The molecule has 0 bridgehead atoms. The average Bonchev–Trinajstić information content (AvgIpc) is 2.97. The van der Waals surface area contributed by atoms with E-state index in [1.54, 1.807) is 19.1 Å². The number of nitrogens with zero attached hydrogens (tertiary/aromatic N) is 2. The van der Waals surface area contributed by atoms with Crippen LogP contribution in [0.25, 0.3) is 17.2 Å². The van der Waals surface area contributed by atoms with Crippen LogP contribution in [-0.4, -0.2) is 15.8 Å². The number of aryl methyl sites for hydroxylation is 1. The van der Waals surface area contributed by atoms with Crippen molar-refractivity contribution in [2.24, 2.45) is 0 Å². The number of nitro groups is 1. The number of hydrogen-bond donors (Lipinski definition) is 1. The molecule has 120 valence electrons. The Hall–Kier alpha value is -3.48. The Morgan fingerprint density at radius 1 is 1.29 bits per heavy atom. The van der Waals surface area contributed by atoms with Gasteiger partial charge >= 0.3 is 0 Å². The molecule has 24 heavy (non-hydrogen) atoms. The van der Waals surface area contributed by atoms with Crippen LogP contribution in [0.3, 0.4) is 0 Å². The number of carbonyl (C=O) groups is 1. The fourth-order valence-corrected chi connectivity index (χ4v) is 2.14. The Kier molecular flexibility index (Phi) is 4.07. The van der Waals surface area contributed by atoms with E-state index in [1.165, 1.54) is 24.3 Å². The van der Waals surface area contributed by atoms with Crippen LogP contribution in [0.1, 0.15) is 11.5 Å². The van der Waals surface area contributed by atoms with Gasteiger partial charge in [0.25, 0.3) is 5.69 Å². The Bertz CT molecular complexity index is 926. The van der Waals surface area contributed by atoms with Gasteiger partial charge in [0.05, 0.1) is 10.6 Å². The van der Waals surface area contributed by atoms with Crippen LogP contribution in [0.15, 0.2) is 53.0 Å². The van der Waals surface area contributed by atoms with Crippen LogP contribution >= 0.6 is 0 Å². The highest BCUT2D eigenvalue weighted by Gasteiger charge is 2.10. The largest absolute Gasteiger partial charge is 0.437 e. The molecule has 0 fully saturated rings. The number of nitro benzene ring substituents is 1. The lowest BCUT2D eigenvalue weighted by Gasteiger charge is -2.05. The van der Waals surface area contributed by atoms with Crippen molar-refractivity contribution in [3.05, 3.63) is 70.1 Å². The van der Waals surface area contributed by atoms with Gasteiger partial charge in [0.15, 0.2) is 5.58 Å². The van der Waals surface area contributed by atoms with E-state index in [4.69, 9.17) is 4.42 Å². The summed E-state index contributed by atoms with van der Waals surface area (Å²) in [7, 11) is 0. The molecule has 0 atom stereocenters. The summed E-state index contributed by atoms with van der Waals surface area (Å²) in [4.78, 5) is 26.5. The standard InChI is InChI=1S/C17H13N3O4/c1-11-6-7-12(20(22)23)10-14(11)18-16(21)8-9-17-19-13-4-2-3-5-15(13)24-17/h2-10H,1H3,(H,18,21)/b9-8+. The minimum atomic E-state index is -0.511. The summed E-state index contributed by atoms with van der Waals surface area (Å²) in [5.41, 5.74) is 2.36. The molecule has 0 saturated carbocycles. The topological polar surface area (TPSA) is 98.3 Å². The van der Waals surface area contributed by atoms with Crippen molar-refractivity contribution in [2.45, 2.75) is 6.92 Å². The van der Waals surface area contributed by atoms with Crippen molar-refractivity contribution in [3.63, 3.8) is 0 Å². The van der Waals surface area contributed by atoms with Gasteiger partial charge in [0, 0.05) is 24.3 Å². The van der Waals surface area contributed by atoms with E-state index in [2.05, 4.69) is 10.3 Å². The van der Waals surface area contributed by atoms with Crippen LogP contribution in [0.5, 0.6) is 0 Å². The second-order valence-corrected chi connectivity index (χ2v) is 5.10. The first kappa shape index (κ1) is 15.4. The van der Waals surface area contributed by atoms with Crippen LogP contribution in [0.2, 0.25) is 0 Å². The van der Waals surface area contributed by atoms with E-state index in [0.717, 1.165) is 5.56 Å². The van der Waals surface area contributed by atoms with E-state index < -0.39 is 10.8 Å². The average molecular weight is 323 g/mol. The Labute approximate surface area is 136 Å². The Morgan fingerprint density at radius 2 is 2.08 bits per heavy atom. The number of aromatic nitrogens is 1. The first-order chi connectivity index (χ1) is 11.5. The van der Waals surface area contributed by atoms with Gasteiger partial charge in [-0.1, -0.05) is 18.2 Å². The Balaban J connectivity index is 1.75. The minimum Gasteiger partial charge on any atom is -0.437 e. The number of para-hydroxylation sites is 2. The number of fused-ring (bicyclic) bond motifs is 1. The number of nitrogens with one attached hydrogen (secondary N) is 1. The lowest BCUT2D eigenvalue weighted by Crippen LogP contribution is -2.09. The smallest absolute Gasteiger partial charge is 0.271 e. The van der Waals surface area contributed by atoms with Crippen molar-refractivity contribution in [1.82, 2.24) is 4.98 Å². The molecule has 1 N–H and O–H groups in total. The number of oxazole rings is 1. The number of carbonyl (C=O) groups excluding carboxylic acids is 1. The van der Waals surface area contributed by atoms with Gasteiger partial charge in [-0.2, -0.15) is 0 Å². The molecule has 0 radical (unpaired) electrons. The summed E-state index contributed by atoms with van der Waals surface area (Å²) in [5.74, 6) is -0.122. The first-order valence-electron chi connectivity index (χ1n) is 7.12. The number of non-ortho nitro benzene ring substituents is 1. The molecule has 0 unspecified atom stereocenters. The molecular formula is C17H13N3O4. The normalized spacial score (nSPS) is 11.0. The van der Waals surface area contributed by atoms with Gasteiger partial charge in [-0.05, 0) is 24.6 Å².